The fourth-order valence-corrected chi connectivity index (χ4v) is 5.71. The maximum atomic E-state index is 12.8. The number of ether oxygens (including phenoxy) is 1. The van der Waals surface area contributed by atoms with Crippen LogP contribution in [0.2, 0.25) is 0 Å². The Hall–Kier alpha value is -2.36. The van der Waals surface area contributed by atoms with Crippen molar-refractivity contribution in [1.82, 2.24) is 15.0 Å². The summed E-state index contributed by atoms with van der Waals surface area (Å²) in [6.07, 6.45) is 2.43. The van der Waals surface area contributed by atoms with Gasteiger partial charge >= 0.3 is 0 Å². The fourth-order valence-electron chi connectivity index (χ4n) is 2.94. The van der Waals surface area contributed by atoms with Gasteiger partial charge in [-0.15, -0.1) is 22.7 Å². The van der Waals surface area contributed by atoms with Crippen molar-refractivity contribution in [3.05, 3.63) is 60.9 Å². The highest BCUT2D eigenvalue weighted by atomic mass is 32.2. The summed E-state index contributed by atoms with van der Waals surface area (Å²) < 4.78 is 5.40. The van der Waals surface area contributed by atoms with E-state index in [-0.39, 0.29) is 11.0 Å². The SMILES string of the molecule is CCCOc1c[nH]c(CSc2nc3sc(C)c(-c4cccs4)c3c(=O)[nH]2)cc1=O. The van der Waals surface area contributed by atoms with Gasteiger partial charge in [-0.3, -0.25) is 9.59 Å². The summed E-state index contributed by atoms with van der Waals surface area (Å²) in [5.74, 6) is 0.809. The summed E-state index contributed by atoms with van der Waals surface area (Å²) in [4.78, 5) is 38.4. The van der Waals surface area contributed by atoms with Gasteiger partial charge in [-0.25, -0.2) is 4.98 Å². The van der Waals surface area contributed by atoms with Crippen LogP contribution in [0, 0.1) is 6.92 Å². The van der Waals surface area contributed by atoms with E-state index in [1.165, 1.54) is 29.2 Å². The first-order chi connectivity index (χ1) is 14.1. The van der Waals surface area contributed by atoms with Crippen LogP contribution in [-0.2, 0) is 5.75 Å². The number of H-pyrrole nitrogens is 2. The van der Waals surface area contributed by atoms with E-state index in [4.69, 9.17) is 4.74 Å². The summed E-state index contributed by atoms with van der Waals surface area (Å²) in [6.45, 7) is 4.51. The first-order valence-electron chi connectivity index (χ1n) is 9.11. The summed E-state index contributed by atoms with van der Waals surface area (Å²) in [6, 6.07) is 5.53. The molecule has 0 saturated heterocycles. The van der Waals surface area contributed by atoms with E-state index in [0.717, 1.165) is 32.3 Å². The molecule has 0 amide bonds. The lowest BCUT2D eigenvalue weighted by atomic mass is 10.1. The van der Waals surface area contributed by atoms with Crippen LogP contribution >= 0.6 is 34.4 Å². The van der Waals surface area contributed by atoms with Crippen molar-refractivity contribution in [2.45, 2.75) is 31.2 Å². The molecule has 9 heteroatoms. The third-order valence-electron chi connectivity index (χ3n) is 4.25. The number of rotatable bonds is 7. The zero-order valence-electron chi connectivity index (χ0n) is 15.9. The van der Waals surface area contributed by atoms with E-state index >= 15 is 0 Å². The number of hydrogen-bond donors (Lipinski definition) is 2. The van der Waals surface area contributed by atoms with Crippen LogP contribution < -0.4 is 15.7 Å². The second kappa shape index (κ2) is 8.56. The Balaban J connectivity index is 1.57. The number of nitrogens with zero attached hydrogens (tertiary/aromatic N) is 1. The smallest absolute Gasteiger partial charge is 0.260 e. The Morgan fingerprint density at radius 1 is 1.31 bits per heavy atom. The van der Waals surface area contributed by atoms with E-state index in [9.17, 15) is 9.59 Å². The number of aromatic amines is 2. The Morgan fingerprint density at radius 3 is 2.90 bits per heavy atom. The quantitative estimate of drug-likeness (QED) is 0.315. The van der Waals surface area contributed by atoms with E-state index < -0.39 is 0 Å². The molecule has 0 saturated carbocycles. The summed E-state index contributed by atoms with van der Waals surface area (Å²) in [7, 11) is 0. The van der Waals surface area contributed by atoms with Crippen molar-refractivity contribution in [1.29, 1.82) is 0 Å². The highest BCUT2D eigenvalue weighted by molar-refractivity contribution is 7.98. The van der Waals surface area contributed by atoms with E-state index in [1.807, 2.05) is 31.4 Å². The molecule has 0 aliphatic carbocycles. The van der Waals surface area contributed by atoms with Gasteiger partial charge in [0.15, 0.2) is 10.9 Å². The van der Waals surface area contributed by atoms with Crippen LogP contribution in [-0.4, -0.2) is 21.6 Å². The number of fused-ring (bicyclic) bond motifs is 1. The van der Waals surface area contributed by atoms with Crippen LogP contribution in [0.5, 0.6) is 5.75 Å². The van der Waals surface area contributed by atoms with Crippen LogP contribution in [0.1, 0.15) is 23.9 Å². The molecule has 150 valence electrons. The lowest BCUT2D eigenvalue weighted by Gasteiger charge is -2.05. The number of thioether (sulfide) groups is 1. The Morgan fingerprint density at radius 2 is 2.17 bits per heavy atom. The van der Waals surface area contributed by atoms with Crippen LogP contribution in [0.4, 0.5) is 0 Å². The molecule has 2 N–H and O–H groups in total. The molecule has 0 atom stereocenters. The first-order valence-corrected chi connectivity index (χ1v) is 11.8. The van der Waals surface area contributed by atoms with Gasteiger partial charge in [0.2, 0.25) is 5.43 Å². The zero-order valence-corrected chi connectivity index (χ0v) is 18.4. The Labute approximate surface area is 179 Å². The number of aromatic nitrogens is 3. The van der Waals surface area contributed by atoms with Gasteiger partial charge in [-0.1, -0.05) is 24.8 Å². The predicted molar refractivity (Wildman–Crippen MR) is 121 cm³/mol. The molecule has 0 aliphatic rings. The molecule has 0 radical (unpaired) electrons. The number of hydrogen-bond acceptors (Lipinski definition) is 7. The van der Waals surface area contributed by atoms with Crippen molar-refractivity contribution in [2.75, 3.05) is 6.61 Å². The lowest BCUT2D eigenvalue weighted by molar-refractivity contribution is 0.313. The van der Waals surface area contributed by atoms with Gasteiger partial charge in [0, 0.05) is 39.0 Å². The van der Waals surface area contributed by atoms with Crippen molar-refractivity contribution < 1.29 is 4.74 Å². The Kier molecular flexibility index (Phi) is 5.89. The third-order valence-corrected chi connectivity index (χ3v) is 7.06. The van der Waals surface area contributed by atoms with Crippen LogP contribution in [0.3, 0.4) is 0 Å². The maximum absolute atomic E-state index is 12.8. The second-order valence-corrected chi connectivity index (χ2v) is 9.50. The zero-order chi connectivity index (χ0) is 20.4. The normalized spacial score (nSPS) is 11.2. The van der Waals surface area contributed by atoms with Crippen molar-refractivity contribution in [3.8, 4) is 16.2 Å². The van der Waals surface area contributed by atoms with E-state index in [2.05, 4.69) is 15.0 Å². The van der Waals surface area contributed by atoms with E-state index in [0.29, 0.717) is 28.7 Å². The molecule has 0 fully saturated rings. The van der Waals surface area contributed by atoms with Crippen LogP contribution in [0.25, 0.3) is 20.7 Å². The van der Waals surface area contributed by atoms with Gasteiger partial charge < -0.3 is 14.7 Å². The molecular weight excluding hydrogens is 426 g/mol. The molecular formula is C20H19N3O3S3. The minimum Gasteiger partial charge on any atom is -0.488 e. The number of thiophene rings is 2. The molecule has 0 aromatic carbocycles. The average molecular weight is 446 g/mol. The van der Waals surface area contributed by atoms with Gasteiger partial charge in [0.1, 0.15) is 4.83 Å². The third kappa shape index (κ3) is 4.17. The molecule has 4 aromatic rings. The largest absolute Gasteiger partial charge is 0.488 e. The fraction of sp³-hybridized carbons (Fsp3) is 0.250. The van der Waals surface area contributed by atoms with Gasteiger partial charge in [0.05, 0.1) is 12.0 Å². The number of pyridine rings is 1. The average Bonchev–Trinajstić information content (AvgIpc) is 3.32. The van der Waals surface area contributed by atoms with Crippen molar-refractivity contribution >= 4 is 44.7 Å². The maximum Gasteiger partial charge on any atom is 0.260 e. The van der Waals surface area contributed by atoms with Crippen molar-refractivity contribution in [3.63, 3.8) is 0 Å². The molecule has 0 bridgehead atoms. The lowest BCUT2D eigenvalue weighted by Crippen LogP contribution is -2.10. The van der Waals surface area contributed by atoms with Crippen LogP contribution in [0.15, 0.2) is 44.5 Å². The predicted octanol–water partition coefficient (Wildman–Crippen LogP) is 4.79. The Bertz CT molecular complexity index is 1260. The molecule has 0 unspecified atom stereocenters. The monoisotopic (exact) mass is 445 g/mol. The summed E-state index contributed by atoms with van der Waals surface area (Å²) in [5, 5.41) is 3.18. The first kappa shape index (κ1) is 19.9. The molecule has 0 aliphatic heterocycles. The summed E-state index contributed by atoms with van der Waals surface area (Å²) >= 11 is 4.52. The number of aryl methyl sites for hydroxylation is 1. The standard InChI is InChI=1S/C20H19N3O3S3/c1-3-6-26-14-9-21-12(8-13(14)24)10-28-20-22-18(25)17-16(15-5-4-7-27-15)11(2)29-19(17)23-20/h4-5,7-9H,3,6,10H2,1-2H3,(H,21,24)(H,22,23,25). The molecule has 4 heterocycles. The minimum atomic E-state index is -0.154. The minimum absolute atomic E-state index is 0.137. The van der Waals surface area contributed by atoms with Gasteiger partial charge in [0.25, 0.3) is 5.56 Å². The van der Waals surface area contributed by atoms with Gasteiger partial charge in [-0.05, 0) is 24.8 Å². The molecule has 29 heavy (non-hydrogen) atoms. The topological polar surface area (TPSA) is 87.8 Å². The molecule has 4 aromatic heterocycles. The molecule has 4 rings (SSSR count). The summed E-state index contributed by atoms with van der Waals surface area (Å²) in [5.41, 5.74) is 1.42. The van der Waals surface area contributed by atoms with Gasteiger partial charge in [-0.2, -0.15) is 0 Å². The molecule has 0 spiro atoms. The molecule has 6 nitrogen and oxygen atoms in total. The van der Waals surface area contributed by atoms with E-state index in [1.54, 1.807) is 17.5 Å². The second-order valence-electron chi connectivity index (χ2n) is 6.39. The highest BCUT2D eigenvalue weighted by Crippen LogP contribution is 2.38. The number of nitrogens with one attached hydrogen (secondary N) is 2. The van der Waals surface area contributed by atoms with Crippen molar-refractivity contribution in [2.24, 2.45) is 0 Å². The highest BCUT2D eigenvalue weighted by Gasteiger charge is 2.17.